The summed E-state index contributed by atoms with van der Waals surface area (Å²) in [5.74, 6) is 0. The molecule has 0 saturated carbocycles. The first-order valence-corrected chi connectivity index (χ1v) is 8.34. The van der Waals surface area contributed by atoms with Crippen molar-refractivity contribution in [2.75, 3.05) is 5.73 Å². The van der Waals surface area contributed by atoms with Gasteiger partial charge in [-0.25, -0.2) is 0 Å². The summed E-state index contributed by atoms with van der Waals surface area (Å²) in [6.45, 7) is 8.60. The van der Waals surface area contributed by atoms with Crippen LogP contribution in [0.5, 0.6) is 0 Å². The van der Waals surface area contributed by atoms with E-state index in [-0.39, 0.29) is 0 Å². The van der Waals surface area contributed by atoms with E-state index in [1.54, 1.807) is 0 Å². The molecule has 4 rings (SSSR count). The fraction of sp³-hybridized carbons (Fsp3) is 0.182. The molecule has 0 amide bonds. The predicted molar refractivity (Wildman–Crippen MR) is 105 cm³/mol. The van der Waals surface area contributed by atoms with Gasteiger partial charge in [0.1, 0.15) is 0 Å². The van der Waals surface area contributed by atoms with Crippen molar-refractivity contribution in [3.63, 3.8) is 0 Å². The van der Waals surface area contributed by atoms with Gasteiger partial charge in [-0.05, 0) is 73.7 Å². The number of benzene rings is 3. The van der Waals surface area contributed by atoms with E-state index in [0.29, 0.717) is 0 Å². The maximum absolute atomic E-state index is 6.30. The van der Waals surface area contributed by atoms with E-state index < -0.39 is 0 Å². The highest BCUT2D eigenvalue weighted by Gasteiger charge is 2.14. The average Bonchev–Trinajstić information content (AvgIpc) is 2.88. The summed E-state index contributed by atoms with van der Waals surface area (Å²) in [7, 11) is 0. The zero-order valence-electron chi connectivity index (χ0n) is 14.6. The van der Waals surface area contributed by atoms with Gasteiger partial charge in [0.05, 0.1) is 0 Å². The number of hydrogen-bond acceptors (Lipinski definition) is 1. The third-order valence-corrected chi connectivity index (χ3v) is 5.11. The number of anilines is 1. The van der Waals surface area contributed by atoms with Crippen molar-refractivity contribution in [3.8, 4) is 11.1 Å². The van der Waals surface area contributed by atoms with Gasteiger partial charge in [0, 0.05) is 33.1 Å². The van der Waals surface area contributed by atoms with Crippen molar-refractivity contribution in [1.29, 1.82) is 0 Å². The number of hydrogen-bond donors (Lipinski definition) is 2. The number of fused-ring (bicyclic) bond motifs is 3. The molecule has 24 heavy (non-hydrogen) atoms. The van der Waals surface area contributed by atoms with Crippen molar-refractivity contribution in [2.24, 2.45) is 0 Å². The molecule has 2 heteroatoms. The van der Waals surface area contributed by atoms with Crippen LogP contribution in [0.4, 0.5) is 5.69 Å². The molecule has 4 aromatic rings. The largest absolute Gasteiger partial charge is 0.398 e. The minimum Gasteiger partial charge on any atom is -0.398 e. The molecule has 0 atom stereocenters. The van der Waals surface area contributed by atoms with Crippen LogP contribution in [0.25, 0.3) is 32.9 Å². The summed E-state index contributed by atoms with van der Waals surface area (Å²) in [6, 6.07) is 15.2. The van der Waals surface area contributed by atoms with E-state index in [2.05, 4.69) is 69.1 Å². The molecule has 3 N–H and O–H groups in total. The van der Waals surface area contributed by atoms with Gasteiger partial charge in [-0.3, -0.25) is 0 Å². The van der Waals surface area contributed by atoms with Gasteiger partial charge in [0.2, 0.25) is 0 Å². The van der Waals surface area contributed by atoms with Gasteiger partial charge < -0.3 is 10.7 Å². The molecular formula is C22H22N2. The highest BCUT2D eigenvalue weighted by molar-refractivity contribution is 6.11. The van der Waals surface area contributed by atoms with E-state index in [0.717, 1.165) is 11.3 Å². The second-order valence-electron chi connectivity index (χ2n) is 6.86. The molecule has 3 aromatic carbocycles. The number of aryl methyl sites for hydroxylation is 3. The standard InChI is InChI=1S/C22H22N2/c1-12-5-7-16(19(23)9-12)18-11-21-22(15(4)14(18)3)17-8-6-13(2)10-20(17)24-21/h5-11,24H,23H2,1-4H3. The number of aromatic amines is 1. The normalized spacial score (nSPS) is 11.5. The van der Waals surface area contributed by atoms with Crippen LogP contribution in [0, 0.1) is 27.7 Å². The fourth-order valence-corrected chi connectivity index (χ4v) is 3.69. The molecular weight excluding hydrogens is 292 g/mol. The third-order valence-electron chi connectivity index (χ3n) is 5.11. The smallest absolute Gasteiger partial charge is 0.0473 e. The van der Waals surface area contributed by atoms with Crippen LogP contribution >= 0.6 is 0 Å². The predicted octanol–water partition coefficient (Wildman–Crippen LogP) is 5.80. The van der Waals surface area contributed by atoms with E-state index in [1.165, 1.54) is 49.6 Å². The maximum atomic E-state index is 6.30. The highest BCUT2D eigenvalue weighted by Crippen LogP contribution is 2.38. The average molecular weight is 314 g/mol. The minimum absolute atomic E-state index is 0.837. The summed E-state index contributed by atoms with van der Waals surface area (Å²) < 4.78 is 0. The molecule has 2 nitrogen and oxygen atoms in total. The van der Waals surface area contributed by atoms with Crippen LogP contribution < -0.4 is 5.73 Å². The third kappa shape index (κ3) is 2.10. The van der Waals surface area contributed by atoms with Gasteiger partial charge >= 0.3 is 0 Å². The highest BCUT2D eigenvalue weighted by atomic mass is 14.7. The number of nitrogens with one attached hydrogen (secondary N) is 1. The Morgan fingerprint density at radius 1 is 0.708 bits per heavy atom. The molecule has 1 heterocycles. The Hall–Kier alpha value is -2.74. The Balaban J connectivity index is 2.08. The number of H-pyrrole nitrogens is 1. The quantitative estimate of drug-likeness (QED) is 0.428. The molecule has 0 spiro atoms. The van der Waals surface area contributed by atoms with Crippen molar-refractivity contribution in [2.45, 2.75) is 27.7 Å². The Morgan fingerprint density at radius 3 is 2.17 bits per heavy atom. The van der Waals surface area contributed by atoms with Crippen LogP contribution in [0.3, 0.4) is 0 Å². The van der Waals surface area contributed by atoms with E-state index in [9.17, 15) is 0 Å². The minimum atomic E-state index is 0.837. The Labute approximate surface area is 142 Å². The van der Waals surface area contributed by atoms with Crippen molar-refractivity contribution in [3.05, 3.63) is 64.7 Å². The summed E-state index contributed by atoms with van der Waals surface area (Å²) in [5.41, 5.74) is 16.9. The topological polar surface area (TPSA) is 41.8 Å². The lowest BCUT2D eigenvalue weighted by Crippen LogP contribution is -1.95. The molecule has 0 radical (unpaired) electrons. The summed E-state index contributed by atoms with van der Waals surface area (Å²) in [5, 5.41) is 2.61. The lowest BCUT2D eigenvalue weighted by molar-refractivity contribution is 1.37. The van der Waals surface area contributed by atoms with Crippen LogP contribution in [-0.2, 0) is 0 Å². The van der Waals surface area contributed by atoms with Crippen molar-refractivity contribution >= 4 is 27.5 Å². The van der Waals surface area contributed by atoms with Crippen LogP contribution in [0.1, 0.15) is 22.3 Å². The van der Waals surface area contributed by atoms with Gasteiger partial charge in [0.25, 0.3) is 0 Å². The number of nitrogens with two attached hydrogens (primary N) is 1. The Kier molecular flexibility index (Phi) is 3.17. The van der Waals surface area contributed by atoms with Gasteiger partial charge in [0.15, 0.2) is 0 Å². The zero-order valence-corrected chi connectivity index (χ0v) is 14.6. The summed E-state index contributed by atoms with van der Waals surface area (Å²) >= 11 is 0. The zero-order chi connectivity index (χ0) is 17.0. The van der Waals surface area contributed by atoms with E-state index >= 15 is 0 Å². The number of rotatable bonds is 1. The fourth-order valence-electron chi connectivity index (χ4n) is 3.69. The first-order valence-electron chi connectivity index (χ1n) is 8.34. The first kappa shape index (κ1) is 14.8. The van der Waals surface area contributed by atoms with Crippen LogP contribution in [0.2, 0.25) is 0 Å². The van der Waals surface area contributed by atoms with Crippen LogP contribution in [0.15, 0.2) is 42.5 Å². The molecule has 0 fully saturated rings. The van der Waals surface area contributed by atoms with Gasteiger partial charge in [-0.15, -0.1) is 0 Å². The monoisotopic (exact) mass is 314 g/mol. The van der Waals surface area contributed by atoms with Crippen molar-refractivity contribution in [1.82, 2.24) is 4.98 Å². The van der Waals surface area contributed by atoms with Gasteiger partial charge in [-0.1, -0.05) is 24.3 Å². The Morgan fingerprint density at radius 2 is 1.42 bits per heavy atom. The molecule has 120 valence electrons. The second kappa shape index (κ2) is 5.13. The van der Waals surface area contributed by atoms with E-state index in [1.807, 2.05) is 6.07 Å². The lowest BCUT2D eigenvalue weighted by atomic mass is 9.92. The summed E-state index contributed by atoms with van der Waals surface area (Å²) in [4.78, 5) is 3.59. The Bertz CT molecular complexity index is 1100. The summed E-state index contributed by atoms with van der Waals surface area (Å²) in [6.07, 6.45) is 0. The maximum Gasteiger partial charge on any atom is 0.0473 e. The SMILES string of the molecule is Cc1ccc(-c2cc3[nH]c4cc(C)ccc4c3c(C)c2C)c(N)c1. The number of aromatic nitrogens is 1. The second-order valence-corrected chi connectivity index (χ2v) is 6.86. The lowest BCUT2D eigenvalue weighted by Gasteiger charge is -2.13. The van der Waals surface area contributed by atoms with E-state index in [4.69, 9.17) is 5.73 Å². The molecule has 0 saturated heterocycles. The molecule has 1 aromatic heterocycles. The first-order chi connectivity index (χ1) is 11.5. The molecule has 0 aliphatic carbocycles. The van der Waals surface area contributed by atoms with Crippen LogP contribution in [-0.4, -0.2) is 4.98 Å². The molecule has 0 unspecified atom stereocenters. The van der Waals surface area contributed by atoms with Gasteiger partial charge in [-0.2, -0.15) is 0 Å². The molecule has 0 aliphatic heterocycles. The molecule has 0 aliphatic rings. The molecule has 0 bridgehead atoms. The van der Waals surface area contributed by atoms with Crippen molar-refractivity contribution < 1.29 is 0 Å². The number of nitrogen functional groups attached to an aromatic ring is 1.